The summed E-state index contributed by atoms with van der Waals surface area (Å²) in [4.78, 5) is 23.6. The highest BCUT2D eigenvalue weighted by atomic mass is 19.1. The molecule has 2 amide bonds. The van der Waals surface area contributed by atoms with Gasteiger partial charge in [0.25, 0.3) is 5.91 Å². The van der Waals surface area contributed by atoms with Crippen molar-refractivity contribution >= 4 is 11.8 Å². The van der Waals surface area contributed by atoms with Crippen LogP contribution in [0.5, 0.6) is 0 Å². The highest BCUT2D eigenvalue weighted by molar-refractivity contribution is 5.94. The van der Waals surface area contributed by atoms with Crippen LogP contribution < -0.4 is 10.6 Å². The third-order valence-electron chi connectivity index (χ3n) is 3.80. The maximum absolute atomic E-state index is 13.4. The molecule has 1 saturated carbocycles. The first kappa shape index (κ1) is 15.5. The normalized spacial score (nSPS) is 15.5. The summed E-state index contributed by atoms with van der Waals surface area (Å²) in [6, 6.07) is 5.84. The molecule has 0 aromatic heterocycles. The molecular weight excluding hydrogens is 271 g/mol. The van der Waals surface area contributed by atoms with Crippen molar-refractivity contribution in [3.05, 3.63) is 35.6 Å². The summed E-state index contributed by atoms with van der Waals surface area (Å²) in [6.07, 6.45) is 5.34. The molecule has 1 aliphatic rings. The molecule has 0 aliphatic heterocycles. The topological polar surface area (TPSA) is 58.2 Å². The fourth-order valence-electron chi connectivity index (χ4n) is 2.61. The number of benzene rings is 1. The van der Waals surface area contributed by atoms with E-state index < -0.39 is 11.7 Å². The van der Waals surface area contributed by atoms with Gasteiger partial charge in [0.05, 0.1) is 5.56 Å². The van der Waals surface area contributed by atoms with Gasteiger partial charge in [0.15, 0.2) is 0 Å². The van der Waals surface area contributed by atoms with Gasteiger partial charge in [-0.1, -0.05) is 31.4 Å². The molecule has 0 spiro atoms. The van der Waals surface area contributed by atoms with Crippen molar-refractivity contribution in [2.75, 3.05) is 13.1 Å². The molecule has 1 aliphatic carbocycles. The Morgan fingerprint density at radius 2 is 1.71 bits per heavy atom. The summed E-state index contributed by atoms with van der Waals surface area (Å²) >= 11 is 0. The van der Waals surface area contributed by atoms with Gasteiger partial charge in [0, 0.05) is 19.0 Å². The first-order chi connectivity index (χ1) is 10.2. The van der Waals surface area contributed by atoms with Crippen LogP contribution in [0.4, 0.5) is 4.39 Å². The molecule has 1 aromatic carbocycles. The Balaban J connectivity index is 1.68. The third kappa shape index (κ3) is 4.55. The summed E-state index contributed by atoms with van der Waals surface area (Å²) in [5.41, 5.74) is 0.0242. The molecule has 2 rings (SSSR count). The molecule has 0 saturated heterocycles. The summed E-state index contributed by atoms with van der Waals surface area (Å²) in [7, 11) is 0. The molecule has 0 atom stereocenters. The van der Waals surface area contributed by atoms with Gasteiger partial charge in [-0.05, 0) is 25.0 Å². The number of hydrogen-bond donors (Lipinski definition) is 2. The van der Waals surface area contributed by atoms with Crippen molar-refractivity contribution in [3.8, 4) is 0 Å². The molecule has 0 heterocycles. The minimum absolute atomic E-state index is 0.0242. The molecule has 21 heavy (non-hydrogen) atoms. The summed E-state index contributed by atoms with van der Waals surface area (Å²) in [5, 5.41) is 5.43. The first-order valence-corrected chi connectivity index (χ1v) is 7.49. The van der Waals surface area contributed by atoms with Crippen LogP contribution in [0.1, 0.15) is 42.5 Å². The van der Waals surface area contributed by atoms with Gasteiger partial charge in [-0.15, -0.1) is 0 Å². The molecule has 1 fully saturated rings. The van der Waals surface area contributed by atoms with Crippen LogP contribution in [0, 0.1) is 11.7 Å². The summed E-state index contributed by atoms with van der Waals surface area (Å²) < 4.78 is 13.4. The van der Waals surface area contributed by atoms with E-state index in [9.17, 15) is 14.0 Å². The molecule has 114 valence electrons. The van der Waals surface area contributed by atoms with Gasteiger partial charge < -0.3 is 10.6 Å². The van der Waals surface area contributed by atoms with E-state index in [1.165, 1.54) is 24.6 Å². The molecule has 5 heteroatoms. The fourth-order valence-corrected chi connectivity index (χ4v) is 2.61. The second-order valence-corrected chi connectivity index (χ2v) is 5.36. The molecule has 4 nitrogen and oxygen atoms in total. The van der Waals surface area contributed by atoms with Gasteiger partial charge in [-0.3, -0.25) is 9.59 Å². The maximum atomic E-state index is 13.4. The van der Waals surface area contributed by atoms with Crippen molar-refractivity contribution in [3.63, 3.8) is 0 Å². The van der Waals surface area contributed by atoms with Crippen LogP contribution >= 0.6 is 0 Å². The van der Waals surface area contributed by atoms with E-state index in [2.05, 4.69) is 10.6 Å². The monoisotopic (exact) mass is 292 g/mol. The highest BCUT2D eigenvalue weighted by Gasteiger charge is 2.20. The number of rotatable bonds is 5. The average molecular weight is 292 g/mol. The van der Waals surface area contributed by atoms with Crippen molar-refractivity contribution in [1.82, 2.24) is 10.6 Å². The van der Waals surface area contributed by atoms with Crippen LogP contribution in [0.15, 0.2) is 24.3 Å². The zero-order valence-corrected chi connectivity index (χ0v) is 12.0. The Kier molecular flexibility index (Phi) is 5.72. The fraction of sp³-hybridized carbons (Fsp3) is 0.500. The number of carbonyl (C=O) groups excluding carboxylic acids is 2. The van der Waals surface area contributed by atoms with E-state index in [-0.39, 0.29) is 17.4 Å². The third-order valence-corrected chi connectivity index (χ3v) is 3.80. The van der Waals surface area contributed by atoms with E-state index in [0.717, 1.165) is 25.7 Å². The van der Waals surface area contributed by atoms with Crippen molar-refractivity contribution < 1.29 is 14.0 Å². The van der Waals surface area contributed by atoms with Crippen LogP contribution in [-0.4, -0.2) is 24.9 Å². The van der Waals surface area contributed by atoms with Crippen LogP contribution in [0.2, 0.25) is 0 Å². The van der Waals surface area contributed by atoms with Gasteiger partial charge in [0.2, 0.25) is 5.91 Å². The van der Waals surface area contributed by atoms with Crippen LogP contribution in [0.3, 0.4) is 0 Å². The van der Waals surface area contributed by atoms with Gasteiger partial charge in [-0.2, -0.15) is 0 Å². The quantitative estimate of drug-likeness (QED) is 0.818. The average Bonchev–Trinajstić information content (AvgIpc) is 2.52. The lowest BCUT2D eigenvalue weighted by atomic mass is 9.89. The lowest BCUT2D eigenvalue weighted by Crippen LogP contribution is -2.38. The van der Waals surface area contributed by atoms with E-state index in [0.29, 0.717) is 13.1 Å². The van der Waals surface area contributed by atoms with Crippen molar-refractivity contribution in [2.45, 2.75) is 32.1 Å². The Hall–Kier alpha value is -1.91. The molecular formula is C16H21FN2O2. The standard InChI is InChI=1S/C16H21FN2O2/c17-14-9-5-4-8-13(14)16(21)19-11-10-18-15(20)12-6-2-1-3-7-12/h4-5,8-9,12H,1-3,6-7,10-11H2,(H,18,20)(H,19,21). The largest absolute Gasteiger partial charge is 0.354 e. The van der Waals surface area contributed by atoms with E-state index in [1.807, 2.05) is 0 Å². The van der Waals surface area contributed by atoms with Crippen molar-refractivity contribution in [1.29, 1.82) is 0 Å². The molecule has 0 bridgehead atoms. The maximum Gasteiger partial charge on any atom is 0.254 e. The SMILES string of the molecule is O=C(NCCNC(=O)C1CCCCC1)c1ccccc1F. The van der Waals surface area contributed by atoms with Gasteiger partial charge in [0.1, 0.15) is 5.82 Å². The molecule has 0 radical (unpaired) electrons. The number of halogens is 1. The van der Waals surface area contributed by atoms with Gasteiger partial charge in [-0.25, -0.2) is 4.39 Å². The number of nitrogens with one attached hydrogen (secondary N) is 2. The van der Waals surface area contributed by atoms with E-state index in [1.54, 1.807) is 6.07 Å². The number of carbonyl (C=O) groups is 2. The van der Waals surface area contributed by atoms with Crippen molar-refractivity contribution in [2.24, 2.45) is 5.92 Å². The second-order valence-electron chi connectivity index (χ2n) is 5.36. The Morgan fingerprint density at radius 1 is 1.05 bits per heavy atom. The Morgan fingerprint density at radius 3 is 2.43 bits per heavy atom. The predicted octanol–water partition coefficient (Wildman–Crippen LogP) is 2.25. The second kappa shape index (κ2) is 7.76. The zero-order chi connectivity index (χ0) is 15.1. The predicted molar refractivity (Wildman–Crippen MR) is 78.3 cm³/mol. The zero-order valence-electron chi connectivity index (χ0n) is 12.0. The molecule has 2 N–H and O–H groups in total. The summed E-state index contributed by atoms with van der Waals surface area (Å²) in [5.74, 6) is -0.822. The lowest BCUT2D eigenvalue weighted by molar-refractivity contribution is -0.125. The Bertz CT molecular complexity index is 499. The van der Waals surface area contributed by atoms with E-state index >= 15 is 0 Å². The van der Waals surface area contributed by atoms with Crippen LogP contribution in [0.25, 0.3) is 0 Å². The van der Waals surface area contributed by atoms with Crippen LogP contribution in [-0.2, 0) is 4.79 Å². The van der Waals surface area contributed by atoms with Gasteiger partial charge >= 0.3 is 0 Å². The minimum atomic E-state index is -0.541. The summed E-state index contributed by atoms with van der Waals surface area (Å²) in [6.45, 7) is 0.668. The first-order valence-electron chi connectivity index (χ1n) is 7.49. The minimum Gasteiger partial charge on any atom is -0.354 e. The Labute approximate surface area is 124 Å². The number of hydrogen-bond acceptors (Lipinski definition) is 2. The molecule has 1 aromatic rings. The van der Waals surface area contributed by atoms with E-state index in [4.69, 9.17) is 0 Å². The molecule has 0 unspecified atom stereocenters. The smallest absolute Gasteiger partial charge is 0.254 e. The highest BCUT2D eigenvalue weighted by Crippen LogP contribution is 2.23. The lowest BCUT2D eigenvalue weighted by Gasteiger charge is -2.20. The number of amides is 2.